The third kappa shape index (κ3) is 3.30. The summed E-state index contributed by atoms with van der Waals surface area (Å²) in [5.41, 5.74) is 3.29. The molecule has 3 aromatic carbocycles. The summed E-state index contributed by atoms with van der Waals surface area (Å²) in [6, 6.07) is 17.5. The van der Waals surface area contributed by atoms with E-state index in [4.69, 9.17) is 4.74 Å². The molecule has 0 aromatic heterocycles. The van der Waals surface area contributed by atoms with Crippen LogP contribution in [-0.4, -0.2) is 25.0 Å². The minimum atomic E-state index is -0.215. The lowest BCUT2D eigenvalue weighted by molar-refractivity contribution is -0.119. The first-order chi connectivity index (χ1) is 14.7. The lowest BCUT2D eigenvalue weighted by atomic mass is 10.0. The first-order valence-electron chi connectivity index (χ1n) is 10.6. The van der Waals surface area contributed by atoms with E-state index in [1.807, 2.05) is 66.4 Å². The molecule has 5 rings (SSSR count). The number of fused-ring (bicyclic) bond motifs is 2. The van der Waals surface area contributed by atoms with Crippen LogP contribution in [0.25, 0.3) is 10.8 Å². The Labute approximate surface area is 175 Å². The van der Waals surface area contributed by atoms with Gasteiger partial charge in [0.15, 0.2) is 0 Å². The van der Waals surface area contributed by atoms with Crippen LogP contribution in [0.3, 0.4) is 0 Å². The van der Waals surface area contributed by atoms with E-state index >= 15 is 0 Å². The maximum absolute atomic E-state index is 13.3. The minimum Gasteiger partial charge on any atom is -0.493 e. The number of hydrogen-bond donors (Lipinski definition) is 1. The zero-order chi connectivity index (χ0) is 20.7. The Morgan fingerprint density at radius 2 is 1.93 bits per heavy atom. The number of rotatable bonds is 5. The van der Waals surface area contributed by atoms with E-state index in [1.165, 1.54) is 0 Å². The Hall–Kier alpha value is -3.34. The lowest BCUT2D eigenvalue weighted by Gasteiger charge is -2.18. The molecule has 3 aromatic rings. The van der Waals surface area contributed by atoms with E-state index in [1.54, 1.807) is 0 Å². The second-order valence-corrected chi connectivity index (χ2v) is 7.90. The summed E-state index contributed by atoms with van der Waals surface area (Å²) in [5.74, 6) is 0.747. The van der Waals surface area contributed by atoms with Crippen molar-refractivity contribution in [3.05, 3.63) is 65.7 Å². The second-order valence-electron chi connectivity index (χ2n) is 7.90. The van der Waals surface area contributed by atoms with E-state index in [0.717, 1.165) is 47.8 Å². The summed E-state index contributed by atoms with van der Waals surface area (Å²) in [6.07, 6.45) is 2.84. The van der Waals surface area contributed by atoms with Crippen molar-refractivity contribution in [2.75, 3.05) is 23.4 Å². The highest BCUT2D eigenvalue weighted by molar-refractivity contribution is 6.15. The molecule has 5 nitrogen and oxygen atoms in total. The van der Waals surface area contributed by atoms with Crippen LogP contribution in [0.2, 0.25) is 0 Å². The number of carbonyl (C=O) groups is 2. The van der Waals surface area contributed by atoms with Gasteiger partial charge in [-0.15, -0.1) is 0 Å². The van der Waals surface area contributed by atoms with E-state index in [2.05, 4.69) is 5.32 Å². The summed E-state index contributed by atoms with van der Waals surface area (Å²) >= 11 is 0. The van der Waals surface area contributed by atoms with Crippen molar-refractivity contribution in [1.82, 2.24) is 0 Å². The Morgan fingerprint density at radius 3 is 2.73 bits per heavy atom. The van der Waals surface area contributed by atoms with Crippen molar-refractivity contribution >= 4 is 34.0 Å². The van der Waals surface area contributed by atoms with Crippen LogP contribution in [0.15, 0.2) is 54.6 Å². The molecule has 1 N–H and O–H groups in total. The van der Waals surface area contributed by atoms with Gasteiger partial charge < -0.3 is 15.0 Å². The highest BCUT2D eigenvalue weighted by atomic mass is 16.5. The van der Waals surface area contributed by atoms with Crippen LogP contribution in [0.5, 0.6) is 5.75 Å². The SMILES string of the molecule is CCOc1ccc2ccccc2c1C(=O)Nc1ccc2c(c1)N(C(=O)C1CC1)CC2. The van der Waals surface area contributed by atoms with Gasteiger partial charge in [-0.1, -0.05) is 36.4 Å². The molecule has 0 spiro atoms. The number of ether oxygens (including phenoxy) is 1. The molecule has 0 bridgehead atoms. The third-order valence-corrected chi connectivity index (χ3v) is 5.85. The number of nitrogens with zero attached hydrogens (tertiary/aromatic N) is 1. The highest BCUT2D eigenvalue weighted by Gasteiger charge is 2.36. The molecule has 0 saturated heterocycles. The van der Waals surface area contributed by atoms with Crippen molar-refractivity contribution in [3.8, 4) is 5.75 Å². The number of anilines is 2. The molecule has 30 heavy (non-hydrogen) atoms. The van der Waals surface area contributed by atoms with E-state index < -0.39 is 0 Å². The average molecular weight is 400 g/mol. The Kier molecular flexibility index (Phi) is 4.66. The molecule has 152 valence electrons. The Bertz CT molecular complexity index is 1150. The molecule has 5 heteroatoms. The summed E-state index contributed by atoms with van der Waals surface area (Å²) < 4.78 is 5.75. The van der Waals surface area contributed by atoms with Gasteiger partial charge in [-0.3, -0.25) is 9.59 Å². The summed E-state index contributed by atoms with van der Waals surface area (Å²) in [7, 11) is 0. The van der Waals surface area contributed by atoms with Crippen molar-refractivity contribution in [2.45, 2.75) is 26.2 Å². The van der Waals surface area contributed by atoms with E-state index in [9.17, 15) is 9.59 Å². The summed E-state index contributed by atoms with van der Waals surface area (Å²) in [4.78, 5) is 27.8. The van der Waals surface area contributed by atoms with Gasteiger partial charge >= 0.3 is 0 Å². The molecule has 1 heterocycles. The molecule has 1 aliphatic carbocycles. The monoisotopic (exact) mass is 400 g/mol. The maximum Gasteiger partial charge on any atom is 0.260 e. The fourth-order valence-corrected chi connectivity index (χ4v) is 4.19. The van der Waals surface area contributed by atoms with Crippen LogP contribution in [0, 0.1) is 5.92 Å². The third-order valence-electron chi connectivity index (χ3n) is 5.85. The van der Waals surface area contributed by atoms with Gasteiger partial charge in [-0.2, -0.15) is 0 Å². The molecule has 2 amide bonds. The largest absolute Gasteiger partial charge is 0.493 e. The predicted molar refractivity (Wildman–Crippen MR) is 118 cm³/mol. The summed E-state index contributed by atoms with van der Waals surface area (Å²) in [5, 5.41) is 4.87. The maximum atomic E-state index is 13.3. The molecule has 2 aliphatic rings. The van der Waals surface area contributed by atoms with Gasteiger partial charge in [-0.25, -0.2) is 0 Å². The van der Waals surface area contributed by atoms with Crippen molar-refractivity contribution in [1.29, 1.82) is 0 Å². The summed E-state index contributed by atoms with van der Waals surface area (Å²) in [6.45, 7) is 3.11. The molecule has 0 radical (unpaired) electrons. The number of hydrogen-bond acceptors (Lipinski definition) is 3. The zero-order valence-corrected chi connectivity index (χ0v) is 17.0. The number of carbonyl (C=O) groups excluding carboxylic acids is 2. The number of benzene rings is 3. The Morgan fingerprint density at radius 1 is 1.10 bits per heavy atom. The predicted octanol–water partition coefficient (Wildman–Crippen LogP) is 4.79. The fourth-order valence-electron chi connectivity index (χ4n) is 4.19. The normalized spacial score (nSPS) is 15.2. The fraction of sp³-hybridized carbons (Fsp3) is 0.280. The molecule has 0 atom stereocenters. The van der Waals surface area contributed by atoms with Crippen molar-refractivity contribution < 1.29 is 14.3 Å². The van der Waals surface area contributed by atoms with E-state index in [0.29, 0.717) is 23.6 Å². The van der Waals surface area contributed by atoms with Gasteiger partial charge in [0.05, 0.1) is 12.2 Å². The molecular weight excluding hydrogens is 376 g/mol. The topological polar surface area (TPSA) is 58.6 Å². The van der Waals surface area contributed by atoms with Crippen LogP contribution in [-0.2, 0) is 11.2 Å². The molecule has 0 unspecified atom stereocenters. The van der Waals surface area contributed by atoms with Gasteiger partial charge in [0.2, 0.25) is 5.91 Å². The van der Waals surface area contributed by atoms with Crippen LogP contribution < -0.4 is 15.0 Å². The second kappa shape index (κ2) is 7.48. The molecule has 1 aliphatic heterocycles. The first-order valence-corrected chi connectivity index (χ1v) is 10.6. The number of amides is 2. The molecule has 1 saturated carbocycles. The van der Waals surface area contributed by atoms with Gasteiger partial charge in [-0.05, 0) is 60.7 Å². The van der Waals surface area contributed by atoms with Gasteiger partial charge in [0.25, 0.3) is 5.91 Å². The van der Waals surface area contributed by atoms with Crippen molar-refractivity contribution in [2.24, 2.45) is 5.92 Å². The number of nitrogens with one attached hydrogen (secondary N) is 1. The first kappa shape index (κ1) is 18.7. The molecule has 1 fully saturated rings. The lowest BCUT2D eigenvalue weighted by Crippen LogP contribution is -2.30. The van der Waals surface area contributed by atoms with Crippen LogP contribution in [0.1, 0.15) is 35.7 Å². The zero-order valence-electron chi connectivity index (χ0n) is 17.0. The van der Waals surface area contributed by atoms with E-state index in [-0.39, 0.29) is 17.7 Å². The van der Waals surface area contributed by atoms with Gasteiger partial charge in [0, 0.05) is 23.8 Å². The minimum absolute atomic E-state index is 0.179. The quantitative estimate of drug-likeness (QED) is 0.670. The molecular formula is C25H24N2O3. The average Bonchev–Trinajstić information content (AvgIpc) is 3.53. The van der Waals surface area contributed by atoms with Crippen LogP contribution in [0.4, 0.5) is 11.4 Å². The Balaban J connectivity index is 1.47. The standard InChI is InChI=1S/C25H24N2O3/c1-2-30-22-12-10-16-5-3-4-6-20(16)23(22)24(28)26-19-11-9-17-13-14-27(21(17)15-19)25(29)18-7-8-18/h3-6,9-12,15,18H,2,7-8,13-14H2,1H3,(H,26,28). The van der Waals surface area contributed by atoms with Crippen molar-refractivity contribution in [3.63, 3.8) is 0 Å². The smallest absolute Gasteiger partial charge is 0.260 e. The van der Waals surface area contributed by atoms with Crippen LogP contribution >= 0.6 is 0 Å². The van der Waals surface area contributed by atoms with Gasteiger partial charge in [0.1, 0.15) is 5.75 Å². The highest BCUT2D eigenvalue weighted by Crippen LogP contribution is 2.38.